The van der Waals surface area contributed by atoms with Crippen molar-refractivity contribution in [1.82, 2.24) is 0 Å². The first-order valence-electron chi connectivity index (χ1n) is 6.08. The summed E-state index contributed by atoms with van der Waals surface area (Å²) in [5.41, 5.74) is 0. The summed E-state index contributed by atoms with van der Waals surface area (Å²) >= 11 is 0. The Morgan fingerprint density at radius 1 is 0.889 bits per heavy atom. The van der Waals surface area contributed by atoms with Gasteiger partial charge < -0.3 is 0 Å². The average Bonchev–Trinajstić information content (AvgIpc) is 2.18. The van der Waals surface area contributed by atoms with E-state index in [9.17, 15) is 4.79 Å². The van der Waals surface area contributed by atoms with E-state index in [1.165, 1.54) is 0 Å². The van der Waals surface area contributed by atoms with E-state index in [0.717, 1.165) is 0 Å². The maximum absolute atomic E-state index is 11.5. The minimum atomic E-state index is -2.21. The Morgan fingerprint density at radius 2 is 1.39 bits per heavy atom. The van der Waals surface area contributed by atoms with Gasteiger partial charge in [0.2, 0.25) is 0 Å². The van der Waals surface area contributed by atoms with Crippen molar-refractivity contribution in [1.29, 1.82) is 0 Å². The molecule has 0 aliphatic heterocycles. The molecule has 5 nitrogen and oxygen atoms in total. The molecule has 0 rings (SSSR count). The van der Waals surface area contributed by atoms with Crippen LogP contribution in [0.2, 0.25) is 0 Å². The van der Waals surface area contributed by atoms with Gasteiger partial charge >= 0.3 is 110 Å². The van der Waals surface area contributed by atoms with Gasteiger partial charge in [0.15, 0.2) is 0 Å². The van der Waals surface area contributed by atoms with Crippen molar-refractivity contribution in [3.05, 3.63) is 0 Å². The van der Waals surface area contributed by atoms with Crippen molar-refractivity contribution in [3.63, 3.8) is 0 Å². The molecule has 0 saturated carbocycles. The normalized spacial score (nSPS) is 13.9. The van der Waals surface area contributed by atoms with Gasteiger partial charge in [0.05, 0.1) is 0 Å². The van der Waals surface area contributed by atoms with Crippen LogP contribution in [0.25, 0.3) is 0 Å². The fraction of sp³-hybridized carbons (Fsp3) is 0.917. The minimum absolute atomic E-state index is 0.192. The van der Waals surface area contributed by atoms with Gasteiger partial charge in [0.1, 0.15) is 0 Å². The Bertz CT molecular complexity index is 237. The molecule has 18 heavy (non-hydrogen) atoms. The molecular formula is C12H27O5P. The van der Waals surface area contributed by atoms with Crippen molar-refractivity contribution in [2.45, 2.75) is 6.42 Å². The number of hydrogen-bond acceptors (Lipinski definition) is 5. The van der Waals surface area contributed by atoms with Crippen LogP contribution >= 0.6 is 6.83 Å². The van der Waals surface area contributed by atoms with E-state index in [4.69, 9.17) is 18.7 Å². The zero-order valence-corrected chi connectivity index (χ0v) is 13.1. The quantitative estimate of drug-likeness (QED) is 0.450. The van der Waals surface area contributed by atoms with Crippen LogP contribution in [0.1, 0.15) is 6.42 Å². The second-order valence-electron chi connectivity index (χ2n) is 5.84. The summed E-state index contributed by atoms with van der Waals surface area (Å²) in [6.07, 6.45) is 0.291. The Hall–Kier alpha value is -0.220. The molecule has 0 spiro atoms. The Kier molecular flexibility index (Phi) is 7.95. The number of ether oxygens (including phenoxy) is 3. The number of carbonyl (C=O) groups is 1. The van der Waals surface area contributed by atoms with Crippen LogP contribution in [-0.4, -0.2) is 72.8 Å². The molecule has 0 aromatic rings. The zero-order valence-electron chi connectivity index (χ0n) is 12.2. The summed E-state index contributed by atoms with van der Waals surface area (Å²) in [5, 5.41) is 0. The van der Waals surface area contributed by atoms with E-state index >= 15 is 0 Å². The fourth-order valence-corrected chi connectivity index (χ4v) is 1.98. The number of methoxy groups -OCH3 is 1. The van der Waals surface area contributed by atoms with Gasteiger partial charge in [0, 0.05) is 0 Å². The van der Waals surface area contributed by atoms with Crippen LogP contribution in [0.5, 0.6) is 0 Å². The number of hydrogen-bond donors (Lipinski definition) is 0. The molecule has 0 radical (unpaired) electrons. The molecule has 0 bridgehead atoms. The van der Waals surface area contributed by atoms with Crippen LogP contribution in [0, 0.1) is 0 Å². The molecule has 0 aliphatic carbocycles. The molecule has 0 unspecified atom stereocenters. The summed E-state index contributed by atoms with van der Waals surface area (Å²) in [6.45, 7) is 8.28. The van der Waals surface area contributed by atoms with Gasteiger partial charge in [-0.2, -0.15) is 0 Å². The van der Waals surface area contributed by atoms with Gasteiger partial charge in [-0.3, -0.25) is 0 Å². The molecule has 0 aliphatic rings. The SMILES string of the molecule is COCCOCCOCCC(=O)OP(C)(C)(C)C. The third kappa shape index (κ3) is 13.8. The van der Waals surface area contributed by atoms with Gasteiger partial charge in [-0.1, -0.05) is 0 Å². The second-order valence-corrected chi connectivity index (χ2v) is 12.9. The van der Waals surface area contributed by atoms with Crippen molar-refractivity contribution in [2.24, 2.45) is 0 Å². The molecular weight excluding hydrogens is 255 g/mol. The molecule has 0 fully saturated rings. The van der Waals surface area contributed by atoms with Gasteiger partial charge in [-0.15, -0.1) is 0 Å². The van der Waals surface area contributed by atoms with Crippen LogP contribution in [-0.2, 0) is 23.5 Å². The van der Waals surface area contributed by atoms with Gasteiger partial charge in [-0.05, 0) is 0 Å². The first kappa shape index (κ1) is 17.8. The van der Waals surface area contributed by atoms with Crippen LogP contribution in [0.4, 0.5) is 0 Å². The van der Waals surface area contributed by atoms with Crippen molar-refractivity contribution >= 4 is 12.8 Å². The van der Waals surface area contributed by atoms with E-state index in [0.29, 0.717) is 39.5 Å². The maximum atomic E-state index is 11.5. The van der Waals surface area contributed by atoms with Gasteiger partial charge in [0.25, 0.3) is 0 Å². The molecule has 0 amide bonds. The van der Waals surface area contributed by atoms with Crippen LogP contribution in [0.15, 0.2) is 0 Å². The molecule has 0 aromatic heterocycles. The summed E-state index contributed by atoms with van der Waals surface area (Å²) in [4.78, 5) is 11.5. The zero-order chi connectivity index (χ0) is 14.1. The molecule has 0 atom stereocenters. The third-order valence-electron chi connectivity index (χ3n) is 1.72. The molecule has 0 saturated heterocycles. The van der Waals surface area contributed by atoms with E-state index in [2.05, 4.69) is 0 Å². The monoisotopic (exact) mass is 282 g/mol. The van der Waals surface area contributed by atoms with Gasteiger partial charge in [-0.25, -0.2) is 0 Å². The van der Waals surface area contributed by atoms with E-state index < -0.39 is 6.83 Å². The van der Waals surface area contributed by atoms with E-state index in [1.54, 1.807) is 7.11 Å². The first-order chi connectivity index (χ1) is 8.21. The third-order valence-corrected chi connectivity index (χ3v) is 2.66. The topological polar surface area (TPSA) is 54.0 Å². The summed E-state index contributed by atoms with van der Waals surface area (Å²) in [7, 11) is 1.63. The van der Waals surface area contributed by atoms with Crippen molar-refractivity contribution in [3.8, 4) is 0 Å². The Labute approximate surface area is 110 Å². The second kappa shape index (κ2) is 8.05. The summed E-state index contributed by atoms with van der Waals surface area (Å²) < 4.78 is 20.8. The Balaban J connectivity index is 3.42. The number of carbonyl (C=O) groups excluding carboxylic acids is 1. The number of rotatable bonds is 10. The first-order valence-corrected chi connectivity index (χ1v) is 10.0. The van der Waals surface area contributed by atoms with Crippen LogP contribution < -0.4 is 0 Å². The van der Waals surface area contributed by atoms with Crippen molar-refractivity contribution in [2.75, 3.05) is 66.8 Å². The molecule has 0 N–H and O–H groups in total. The molecule has 110 valence electrons. The Morgan fingerprint density at radius 3 is 1.89 bits per heavy atom. The fourth-order valence-electron chi connectivity index (χ4n) is 1.07. The molecule has 0 aromatic carbocycles. The van der Waals surface area contributed by atoms with Crippen molar-refractivity contribution < 1.29 is 23.5 Å². The average molecular weight is 282 g/mol. The van der Waals surface area contributed by atoms with Crippen LogP contribution in [0.3, 0.4) is 0 Å². The predicted octanol–water partition coefficient (Wildman–Crippen LogP) is 1.59. The molecule has 6 heteroatoms. The predicted molar refractivity (Wildman–Crippen MR) is 74.8 cm³/mol. The standard InChI is InChI=1S/C12H27O5P/c1-14-8-9-16-11-10-15-7-6-12(13)17-18(2,3,4)5/h6-11H2,1-5H3. The van der Waals surface area contributed by atoms with E-state index in [-0.39, 0.29) is 5.97 Å². The molecule has 0 heterocycles. The van der Waals surface area contributed by atoms with E-state index in [1.807, 2.05) is 26.7 Å². The summed E-state index contributed by atoms with van der Waals surface area (Å²) in [6, 6.07) is 0. The summed E-state index contributed by atoms with van der Waals surface area (Å²) in [5.74, 6) is -0.192.